The van der Waals surface area contributed by atoms with Crippen LogP contribution in [0.25, 0.3) is 105 Å². The maximum absolute atomic E-state index is 9.39. The summed E-state index contributed by atoms with van der Waals surface area (Å²) in [6.45, 7) is 9.55. The van der Waals surface area contributed by atoms with Gasteiger partial charge in [-0.2, -0.15) is 6.07 Å². The number of anilines is 4. The number of aromatic nitrogens is 4. The number of nitrogens with zero attached hydrogens (tertiary/aromatic N) is 6. The molecular formula is C75H59N6OPt-3. The quantitative estimate of drug-likeness (QED) is 0.142. The van der Waals surface area contributed by atoms with E-state index < -0.39 is 14.0 Å². The Hall–Kier alpha value is -9.16. The van der Waals surface area contributed by atoms with E-state index in [1.165, 1.54) is 14.7 Å². The Bertz CT molecular complexity index is 5040. The van der Waals surface area contributed by atoms with E-state index in [0.29, 0.717) is 61.4 Å². The maximum atomic E-state index is 9.39. The Kier molecular flexibility index (Phi) is 10.8. The number of benzene rings is 10. The Morgan fingerprint density at radius 1 is 0.518 bits per heavy atom. The molecule has 0 saturated heterocycles. The maximum Gasteiger partial charge on any atom is 0.135 e. The molecule has 8 heteroatoms. The topological polar surface area (TPSA) is 43.4 Å². The van der Waals surface area contributed by atoms with Crippen LogP contribution < -0.4 is 14.5 Å². The summed E-state index contributed by atoms with van der Waals surface area (Å²) in [4.78, 5) is 9.21. The summed E-state index contributed by atoms with van der Waals surface area (Å²) in [6.07, 6.45) is 1.99. The standard InChI is InChI=1S/C75H59N6O.Pt/c1-46-37-47(2)68(48(3)38-46)51-39-52(41-54(40-51)82-53-35-36-56-55-27-15-20-32-63(55)81(66(56)42-53)67-43-60(75(4,5)6)59(44-76-67)49-23-11-9-12-24-49)79-45-80(65-34-22-21-33-64(65)79)74-72-70(57-28-16-18-30-61(57)77(72)7)69(50-25-13-10-14-26-50)71-58-29-17-19-31-62(58)78(8)73(71)74;/h9-40,43-45H,1-8H3;/q-3;/i7D3,8D3;. The van der Waals surface area contributed by atoms with E-state index in [2.05, 4.69) is 137 Å². The van der Waals surface area contributed by atoms with Gasteiger partial charge in [0.05, 0.1) is 16.7 Å². The third-order valence-corrected chi connectivity index (χ3v) is 16.5. The molecule has 0 radical (unpaired) electrons. The zero-order valence-electron chi connectivity index (χ0n) is 52.6. The molecule has 15 rings (SSSR count). The molecule has 83 heavy (non-hydrogen) atoms. The van der Waals surface area contributed by atoms with Gasteiger partial charge in [0, 0.05) is 122 Å². The number of hydrogen-bond donors (Lipinski definition) is 0. The number of pyridine rings is 1. The molecule has 1 aliphatic rings. The van der Waals surface area contributed by atoms with Crippen LogP contribution in [0.2, 0.25) is 0 Å². The van der Waals surface area contributed by atoms with Gasteiger partial charge in [-0.3, -0.25) is 0 Å². The van der Waals surface area contributed by atoms with Crippen LogP contribution in [-0.2, 0) is 40.4 Å². The fourth-order valence-electron chi connectivity index (χ4n) is 13.1. The number of ether oxygens (including phenoxy) is 1. The molecule has 0 aliphatic carbocycles. The summed E-state index contributed by atoms with van der Waals surface area (Å²) in [5, 5.41) is 4.88. The molecule has 1 aliphatic heterocycles. The molecule has 408 valence electrons. The molecule has 0 N–H and O–H groups in total. The SMILES string of the molecule is [2H]C([2H])([2H])n1c2ccccc2c2c(-c3ccccc3)c3c4ccccc4n(C([2H])([2H])[2H])c3c(N3[CH-]N(c4[c-]c(Oc5[c-]c6c(cc5)c5ccccc5n6-c5cc(C(C)(C)C)c(-c6ccccc6)cn5)cc(-c5c(C)cc(C)cc5C)c4)c4ccccc43)c21.[Pt]. The van der Waals surface area contributed by atoms with Gasteiger partial charge in [-0.05, 0) is 101 Å². The monoisotopic (exact) mass is 1260 g/mol. The van der Waals surface area contributed by atoms with Crippen LogP contribution in [0, 0.1) is 39.6 Å². The van der Waals surface area contributed by atoms with E-state index in [1.54, 1.807) is 0 Å². The van der Waals surface area contributed by atoms with Gasteiger partial charge in [-0.25, -0.2) is 4.98 Å². The first kappa shape index (κ1) is 45.5. The zero-order valence-corrected chi connectivity index (χ0v) is 48.9. The van der Waals surface area contributed by atoms with E-state index in [0.717, 1.165) is 94.2 Å². The third kappa shape index (κ3) is 8.22. The van der Waals surface area contributed by atoms with Gasteiger partial charge in [0.15, 0.2) is 0 Å². The molecule has 10 aromatic carbocycles. The van der Waals surface area contributed by atoms with E-state index in [1.807, 2.05) is 144 Å². The second-order valence-corrected chi connectivity index (χ2v) is 22.7. The van der Waals surface area contributed by atoms with Crippen molar-refractivity contribution in [3.63, 3.8) is 0 Å². The number of aryl methyl sites for hydroxylation is 5. The third-order valence-electron chi connectivity index (χ3n) is 16.5. The minimum atomic E-state index is -2.72. The average molecular weight is 1260 g/mol. The summed E-state index contributed by atoms with van der Waals surface area (Å²) in [5.41, 5.74) is 15.9. The zero-order chi connectivity index (χ0) is 60.7. The average Bonchev–Trinajstić information content (AvgIpc) is 1.53. The van der Waals surface area contributed by atoms with Gasteiger partial charge in [-0.1, -0.05) is 171 Å². The van der Waals surface area contributed by atoms with Gasteiger partial charge >= 0.3 is 0 Å². The summed E-state index contributed by atoms with van der Waals surface area (Å²) in [7, 11) is 0. The van der Waals surface area contributed by atoms with Crippen molar-refractivity contribution in [1.82, 2.24) is 18.7 Å². The number of hydrogen-bond acceptors (Lipinski definition) is 4. The van der Waals surface area contributed by atoms with Crippen molar-refractivity contribution in [3.8, 4) is 50.7 Å². The van der Waals surface area contributed by atoms with E-state index >= 15 is 0 Å². The van der Waals surface area contributed by atoms with Gasteiger partial charge in [0.2, 0.25) is 0 Å². The molecule has 0 unspecified atom stereocenters. The Labute approximate surface area is 506 Å². The summed E-state index contributed by atoms with van der Waals surface area (Å²) in [5.74, 6) is 1.66. The van der Waals surface area contributed by atoms with E-state index in [4.69, 9.17) is 9.72 Å². The molecule has 4 aromatic heterocycles. The minimum absolute atomic E-state index is 0. The van der Waals surface area contributed by atoms with E-state index in [-0.39, 0.29) is 26.5 Å². The van der Waals surface area contributed by atoms with Crippen molar-refractivity contribution in [2.24, 2.45) is 14.0 Å². The van der Waals surface area contributed by atoms with Crippen molar-refractivity contribution in [3.05, 3.63) is 247 Å². The van der Waals surface area contributed by atoms with Crippen LogP contribution in [0.3, 0.4) is 0 Å². The first-order valence-electron chi connectivity index (χ1n) is 30.8. The van der Waals surface area contributed by atoms with Gasteiger partial charge in [0.1, 0.15) is 5.82 Å². The number of fused-ring (bicyclic) bond motifs is 10. The molecule has 14 aromatic rings. The largest absolute Gasteiger partial charge is 0.509 e. The second kappa shape index (κ2) is 19.8. The predicted molar refractivity (Wildman–Crippen MR) is 341 cm³/mol. The van der Waals surface area contributed by atoms with Crippen molar-refractivity contribution >= 4 is 88.2 Å². The molecule has 0 saturated carbocycles. The first-order valence-corrected chi connectivity index (χ1v) is 27.8. The van der Waals surface area contributed by atoms with E-state index in [9.17, 15) is 8.22 Å². The fourth-order valence-corrected chi connectivity index (χ4v) is 13.1. The van der Waals surface area contributed by atoms with Crippen LogP contribution >= 0.6 is 0 Å². The number of rotatable bonds is 8. The Morgan fingerprint density at radius 2 is 1.08 bits per heavy atom. The van der Waals surface area contributed by atoms with Gasteiger partial charge in [-0.15, -0.1) is 53.6 Å². The Balaban J connectivity index is 0.00000694. The Morgan fingerprint density at radius 3 is 1.71 bits per heavy atom. The molecular weight excluding hydrogens is 1200 g/mol. The van der Waals surface area contributed by atoms with Crippen LogP contribution in [0.4, 0.5) is 22.7 Å². The summed E-state index contributed by atoms with van der Waals surface area (Å²) in [6, 6.07) is 73.9. The molecule has 5 heterocycles. The molecule has 0 atom stereocenters. The van der Waals surface area contributed by atoms with Crippen molar-refractivity contribution in [1.29, 1.82) is 0 Å². The normalized spacial score (nSPS) is 14.0. The molecule has 0 bridgehead atoms. The van der Waals surface area contributed by atoms with Gasteiger partial charge in [0.25, 0.3) is 0 Å². The molecule has 0 spiro atoms. The van der Waals surface area contributed by atoms with Crippen LogP contribution in [-0.4, -0.2) is 18.7 Å². The first-order chi connectivity index (χ1) is 42.3. The van der Waals surface area contributed by atoms with Gasteiger partial charge < -0.3 is 28.2 Å². The molecule has 0 fully saturated rings. The fraction of sp³-hybridized carbons (Fsp3) is 0.120. The van der Waals surface area contributed by atoms with Crippen LogP contribution in [0.15, 0.2) is 206 Å². The predicted octanol–water partition coefficient (Wildman–Crippen LogP) is 19.5. The van der Waals surface area contributed by atoms with Crippen molar-refractivity contribution in [2.45, 2.75) is 47.0 Å². The molecule has 7 nitrogen and oxygen atoms in total. The smallest absolute Gasteiger partial charge is 0.135 e. The summed E-state index contributed by atoms with van der Waals surface area (Å²) < 4.78 is 68.4. The van der Waals surface area contributed by atoms with Crippen molar-refractivity contribution in [2.75, 3.05) is 9.80 Å². The van der Waals surface area contributed by atoms with Crippen LogP contribution in [0.1, 0.15) is 51.2 Å². The second-order valence-electron chi connectivity index (χ2n) is 22.7. The number of para-hydroxylation sites is 5. The van der Waals surface area contributed by atoms with Crippen LogP contribution in [0.5, 0.6) is 11.5 Å². The van der Waals surface area contributed by atoms with Crippen molar-refractivity contribution < 1.29 is 34.0 Å². The minimum Gasteiger partial charge on any atom is -0.509 e. The molecule has 0 amide bonds. The summed E-state index contributed by atoms with van der Waals surface area (Å²) >= 11 is 0.